The highest BCUT2D eigenvalue weighted by molar-refractivity contribution is 6.18. The molecule has 3 aliphatic heterocycles. The van der Waals surface area contributed by atoms with Crippen molar-refractivity contribution < 1.29 is 65.3 Å². The van der Waals surface area contributed by atoms with Gasteiger partial charge >= 0.3 is 12.1 Å². The number of halogens is 5. The molecule has 5 heterocycles. The number of aromatic nitrogens is 2. The monoisotopic (exact) mass is 1200 g/mol. The number of aryl methyl sites for hydroxylation is 1. The number of pyridine rings is 2. The number of nitrogens with one attached hydrogen (secondary N) is 6. The summed E-state index contributed by atoms with van der Waals surface area (Å²) in [6.45, 7) is 8.28. The Labute approximate surface area is 497 Å². The van der Waals surface area contributed by atoms with Crippen LogP contribution in [0, 0.1) is 46.8 Å². The predicted molar refractivity (Wildman–Crippen MR) is 313 cm³/mol. The Morgan fingerprint density at radius 3 is 1.53 bits per heavy atom. The normalized spacial score (nSPS) is 16.8. The first-order chi connectivity index (χ1) is 41.7. The first kappa shape index (κ1) is 62.3. The number of nitrogens with zero attached hydrogens (tertiary/aromatic N) is 6. The molecule has 0 unspecified atom stereocenters. The molecule has 0 spiro atoms. The summed E-state index contributed by atoms with van der Waals surface area (Å²) in [5.74, 6) is -5.04. The van der Waals surface area contributed by atoms with Gasteiger partial charge in [-0.15, -0.1) is 0 Å². The van der Waals surface area contributed by atoms with Crippen molar-refractivity contribution in [3.8, 4) is 17.2 Å². The fourth-order valence-electron chi connectivity index (χ4n) is 9.74. The summed E-state index contributed by atoms with van der Waals surface area (Å²) in [6, 6.07) is 22.4. The van der Waals surface area contributed by atoms with Gasteiger partial charge in [-0.2, -0.15) is 0 Å². The maximum absolute atomic E-state index is 14.8. The van der Waals surface area contributed by atoms with E-state index in [-0.39, 0.29) is 54.9 Å². The predicted octanol–water partition coefficient (Wildman–Crippen LogP) is 8.82. The average molecular weight is 1210 g/mol. The molecule has 5 fully saturated rings. The van der Waals surface area contributed by atoms with E-state index in [9.17, 15) is 55.8 Å². The Morgan fingerprint density at radius 2 is 1.02 bits per heavy atom. The van der Waals surface area contributed by atoms with Crippen molar-refractivity contribution in [1.82, 2.24) is 29.6 Å². The number of β-amino-alcohol motifs (C(OH)–C–C–N with tert-alkyl or cyclic N) is 1. The number of urea groups is 2. The zero-order chi connectivity index (χ0) is 62.0. The number of hydrogen-bond donors (Lipinski definition) is 7. The van der Waals surface area contributed by atoms with Gasteiger partial charge in [0.15, 0.2) is 17.4 Å². The number of hydrogen-bond acceptors (Lipinski definition) is 13. The molecule has 2 aliphatic carbocycles. The van der Waals surface area contributed by atoms with Gasteiger partial charge in [0.1, 0.15) is 51.4 Å². The second-order valence-electron chi connectivity index (χ2n) is 21.8. The van der Waals surface area contributed by atoms with Gasteiger partial charge in [-0.05, 0) is 131 Å². The third-order valence-electron chi connectivity index (χ3n) is 15.4. The van der Waals surface area contributed by atoms with Crippen LogP contribution in [0.25, 0.3) is 0 Å². The van der Waals surface area contributed by atoms with Gasteiger partial charge in [0.05, 0.1) is 37.7 Å². The molecule has 6 aromatic rings. The third kappa shape index (κ3) is 16.0. The number of likely N-dealkylation sites (N-methyl/N-ethyl adjacent to an activating group) is 1. The van der Waals surface area contributed by atoms with Crippen LogP contribution < -0.4 is 41.4 Å². The zero-order valence-corrected chi connectivity index (χ0v) is 47.8. The Balaban J connectivity index is 0.000000164. The van der Waals surface area contributed by atoms with Gasteiger partial charge in [0.25, 0.3) is 0 Å². The molecule has 11 rings (SSSR count). The molecule has 5 aliphatic rings. The molecular formula is C61H65F5N12O9. The van der Waals surface area contributed by atoms with Crippen LogP contribution in [0.5, 0.6) is 17.2 Å². The number of anilines is 6. The van der Waals surface area contributed by atoms with Crippen LogP contribution >= 0.6 is 0 Å². The molecule has 2 aromatic heterocycles. The summed E-state index contributed by atoms with van der Waals surface area (Å²) in [5, 5.41) is 24.6. The third-order valence-corrected chi connectivity index (χ3v) is 15.4. The topological polar surface area (TPSA) is 252 Å². The maximum atomic E-state index is 14.8. The summed E-state index contributed by atoms with van der Waals surface area (Å²) in [7, 11) is 3.78. The second kappa shape index (κ2) is 27.4. The molecule has 2 saturated carbocycles. The quantitative estimate of drug-likeness (QED) is 0.0398. The Hall–Kier alpha value is -9.27. The van der Waals surface area contributed by atoms with Crippen LogP contribution in [0.1, 0.15) is 44.1 Å². The van der Waals surface area contributed by atoms with Crippen molar-refractivity contribution in [3.63, 3.8) is 0 Å². The standard InChI is InChI=1S/C26H22F3N5O5.C18H16F2N2O2.C17H27N5O2/c27-14-1-3-15(4-2-14)31-23(36)26(6-7-26)24(37)32-20-10-19(29)21(11-18(20)28)39-17-5-8-30-22(9-17)33-25(38)34-12-16(35)13-34;1-11-2-7-15(14(20)10-11)22-17(24)18(8-9-18)16(23)21-13-5-3-12(19)4-6-13;1-20-9-11-21(12-10-20)14-4-7-22(8-5-14)17(23)19-16-13-15(24-2)3-6-18-16/h1-5,8-11,16,35H,6-7,12-13H2,(H,31,36)(H,32,37)(H,30,33,38);2-7,10H,8-9H2,1H3,(H,21,23)(H,22,24);3,6,13-14H,4-5,7-12H2,1-2H3,(H,18,19,23). The van der Waals surface area contributed by atoms with Gasteiger partial charge in [0, 0.05) is 93.3 Å². The number of piperidine rings is 1. The van der Waals surface area contributed by atoms with Crippen LogP contribution in [0.15, 0.2) is 116 Å². The molecule has 3 saturated heterocycles. The molecule has 4 aromatic carbocycles. The molecule has 8 amide bonds. The summed E-state index contributed by atoms with van der Waals surface area (Å²) >= 11 is 0. The number of ether oxygens (including phenoxy) is 2. The minimum absolute atomic E-state index is 0.0476. The first-order valence-electron chi connectivity index (χ1n) is 28.1. The van der Waals surface area contributed by atoms with E-state index in [1.807, 2.05) is 4.90 Å². The molecule has 7 N–H and O–H groups in total. The van der Waals surface area contributed by atoms with Crippen LogP contribution in [0.3, 0.4) is 0 Å². The average Bonchev–Trinajstić information content (AvgIpc) is 3.16. The van der Waals surface area contributed by atoms with Crippen molar-refractivity contribution in [2.75, 3.05) is 98.4 Å². The molecule has 87 heavy (non-hydrogen) atoms. The lowest BCUT2D eigenvalue weighted by atomic mass is 10.0. The fraction of sp³-hybridized carbons (Fsp3) is 0.344. The Bertz CT molecular complexity index is 3480. The number of rotatable bonds is 14. The van der Waals surface area contributed by atoms with E-state index < -0.39 is 87.1 Å². The van der Waals surface area contributed by atoms with Crippen molar-refractivity contribution >= 4 is 70.1 Å². The number of carbonyl (C=O) groups excluding carboxylic acids is 6. The van der Waals surface area contributed by atoms with Crippen LogP contribution in [-0.2, 0) is 19.2 Å². The van der Waals surface area contributed by atoms with Gasteiger partial charge in [-0.3, -0.25) is 34.7 Å². The van der Waals surface area contributed by atoms with E-state index in [0.717, 1.165) is 81.9 Å². The SMILES string of the molecule is COc1ccnc(NC(=O)N2CCC(N3CCN(C)CC3)CC2)c1.Cc1ccc(NC(=O)C2(C(=O)Nc3ccc(F)cc3)CC2)c(F)c1.O=C(Nc1cc(Oc2cc(F)c(NC(=O)C3(C(=O)Nc4ccc(F)cc4)CC3)cc2F)ccn1)N1CC(O)C1. The van der Waals surface area contributed by atoms with Gasteiger partial charge in [-0.1, -0.05) is 6.07 Å². The summed E-state index contributed by atoms with van der Waals surface area (Å²) in [5.41, 5.74) is -1.67. The highest BCUT2D eigenvalue weighted by Crippen LogP contribution is 2.49. The Morgan fingerprint density at radius 1 is 0.540 bits per heavy atom. The fourth-order valence-corrected chi connectivity index (χ4v) is 9.74. The van der Waals surface area contributed by atoms with E-state index in [1.165, 1.54) is 71.8 Å². The number of methoxy groups -OCH3 is 1. The minimum atomic E-state index is -1.46. The smallest absolute Gasteiger partial charge is 0.323 e. The molecule has 21 nitrogen and oxygen atoms in total. The van der Waals surface area contributed by atoms with Gasteiger partial charge in [-0.25, -0.2) is 41.5 Å². The largest absolute Gasteiger partial charge is 0.497 e. The number of piperazine rings is 1. The second-order valence-corrected chi connectivity index (χ2v) is 21.8. The molecule has 458 valence electrons. The van der Waals surface area contributed by atoms with Crippen LogP contribution in [-0.4, -0.2) is 149 Å². The van der Waals surface area contributed by atoms with E-state index in [1.54, 1.807) is 38.4 Å². The molecular weight excluding hydrogens is 1140 g/mol. The van der Waals surface area contributed by atoms with E-state index >= 15 is 0 Å². The lowest BCUT2D eigenvalue weighted by Crippen LogP contribution is -2.54. The van der Waals surface area contributed by atoms with Crippen molar-refractivity contribution in [3.05, 3.63) is 150 Å². The van der Waals surface area contributed by atoms with Crippen molar-refractivity contribution in [2.45, 2.75) is 57.6 Å². The summed E-state index contributed by atoms with van der Waals surface area (Å²) in [6.07, 6.45) is 5.63. The summed E-state index contributed by atoms with van der Waals surface area (Å²) in [4.78, 5) is 91.2. The highest BCUT2D eigenvalue weighted by atomic mass is 19.1. The molecule has 0 radical (unpaired) electrons. The number of aliphatic hydroxyl groups is 1. The van der Waals surface area contributed by atoms with E-state index in [0.29, 0.717) is 36.1 Å². The maximum Gasteiger partial charge on any atom is 0.323 e. The van der Waals surface area contributed by atoms with Crippen LogP contribution in [0.4, 0.5) is 65.9 Å². The lowest BCUT2D eigenvalue weighted by Gasteiger charge is -2.42. The van der Waals surface area contributed by atoms with Gasteiger partial charge in [0.2, 0.25) is 23.6 Å². The van der Waals surface area contributed by atoms with E-state index in [2.05, 4.69) is 58.7 Å². The molecule has 0 bridgehead atoms. The number of amides is 8. The number of likely N-dealkylation sites (tertiary alicyclic amines) is 2. The van der Waals surface area contributed by atoms with Gasteiger partial charge < -0.3 is 50.5 Å². The zero-order valence-electron chi connectivity index (χ0n) is 47.8. The Kier molecular flexibility index (Phi) is 19.6. The highest BCUT2D eigenvalue weighted by Gasteiger charge is 2.57. The molecule has 0 atom stereocenters. The van der Waals surface area contributed by atoms with E-state index in [4.69, 9.17) is 9.47 Å². The summed E-state index contributed by atoms with van der Waals surface area (Å²) < 4.78 is 80.0. The number of benzene rings is 4. The van der Waals surface area contributed by atoms with Crippen molar-refractivity contribution in [1.29, 1.82) is 0 Å². The lowest BCUT2D eigenvalue weighted by molar-refractivity contribution is -0.132. The molecule has 26 heteroatoms. The first-order valence-corrected chi connectivity index (χ1v) is 28.1. The van der Waals surface area contributed by atoms with Crippen molar-refractivity contribution in [2.24, 2.45) is 10.8 Å². The number of aliphatic hydroxyl groups excluding tert-OH is 1. The minimum Gasteiger partial charge on any atom is -0.497 e. The van der Waals surface area contributed by atoms with Crippen LogP contribution in [0.2, 0.25) is 0 Å². The number of carbonyl (C=O) groups is 6.